The lowest BCUT2D eigenvalue weighted by molar-refractivity contribution is 0.102. The summed E-state index contributed by atoms with van der Waals surface area (Å²) in [4.78, 5) is 11.4. The van der Waals surface area contributed by atoms with Crippen molar-refractivity contribution < 1.29 is 14.3 Å². The molecule has 1 N–H and O–H groups in total. The molecule has 3 heteroatoms. The van der Waals surface area contributed by atoms with Gasteiger partial charge in [0.2, 0.25) is 0 Å². The molecule has 0 spiro atoms. The molecular formula is C9H8O3. The van der Waals surface area contributed by atoms with Gasteiger partial charge in [0.1, 0.15) is 5.76 Å². The molecule has 0 aliphatic heterocycles. The second-order valence-electron chi connectivity index (χ2n) is 2.74. The Morgan fingerprint density at radius 2 is 2.33 bits per heavy atom. The van der Waals surface area contributed by atoms with E-state index in [0.29, 0.717) is 24.0 Å². The Balaban J connectivity index is 2.49. The van der Waals surface area contributed by atoms with Crippen LogP contribution >= 0.6 is 0 Å². The molecule has 3 nitrogen and oxygen atoms in total. The Labute approximate surface area is 69.3 Å². The smallest absolute Gasteiger partial charge is 0.195 e. The first-order valence-electron chi connectivity index (χ1n) is 3.77. The maximum absolute atomic E-state index is 11.4. The molecule has 1 aliphatic rings. The lowest BCUT2D eigenvalue weighted by atomic mass is 9.93. The molecule has 0 amide bonds. The van der Waals surface area contributed by atoms with E-state index in [1.165, 1.54) is 6.26 Å². The van der Waals surface area contributed by atoms with Crippen LogP contribution in [-0.2, 0) is 6.42 Å². The Bertz CT molecular complexity index is 346. The number of hydrogen-bond donors (Lipinski definition) is 1. The van der Waals surface area contributed by atoms with Crippen molar-refractivity contribution in [2.45, 2.75) is 12.8 Å². The third-order valence-corrected chi connectivity index (χ3v) is 2.06. The second kappa shape index (κ2) is 2.52. The monoisotopic (exact) mass is 164 g/mol. The number of carbonyl (C=O) groups is 1. The van der Waals surface area contributed by atoms with E-state index in [9.17, 15) is 4.79 Å². The number of carbonyl (C=O) groups excluding carboxylic acids is 1. The average Bonchev–Trinajstić information content (AvgIpc) is 2.53. The van der Waals surface area contributed by atoms with Crippen LogP contribution in [0, 0.1) is 0 Å². The number of fused-ring (bicyclic) bond motifs is 1. The predicted octanol–water partition coefficient (Wildman–Crippen LogP) is 1.85. The summed E-state index contributed by atoms with van der Waals surface area (Å²) < 4.78 is 5.09. The van der Waals surface area contributed by atoms with Crippen LogP contribution in [0.5, 0.6) is 0 Å². The second-order valence-corrected chi connectivity index (χ2v) is 2.74. The van der Waals surface area contributed by atoms with E-state index in [1.807, 2.05) is 0 Å². The summed E-state index contributed by atoms with van der Waals surface area (Å²) in [6.45, 7) is 0. The lowest BCUT2D eigenvalue weighted by Gasteiger charge is -2.10. The van der Waals surface area contributed by atoms with Gasteiger partial charge < -0.3 is 9.52 Å². The first kappa shape index (κ1) is 7.16. The van der Waals surface area contributed by atoms with Crippen LogP contribution in [0.4, 0.5) is 0 Å². The third-order valence-electron chi connectivity index (χ3n) is 2.06. The van der Waals surface area contributed by atoms with Crippen molar-refractivity contribution in [3.63, 3.8) is 0 Å². The summed E-state index contributed by atoms with van der Waals surface area (Å²) in [6.07, 6.45) is 3.65. The quantitative estimate of drug-likeness (QED) is 0.470. The number of hydrogen-bond acceptors (Lipinski definition) is 3. The summed E-state index contributed by atoms with van der Waals surface area (Å²) in [6, 6.07) is 1.64. The highest BCUT2D eigenvalue weighted by Gasteiger charge is 2.23. The molecule has 0 unspecified atom stereocenters. The normalized spacial score (nSPS) is 19.7. The summed E-state index contributed by atoms with van der Waals surface area (Å²) >= 11 is 0. The van der Waals surface area contributed by atoms with Crippen molar-refractivity contribution in [3.8, 4) is 0 Å². The Hall–Kier alpha value is -1.51. The number of ketones is 1. The van der Waals surface area contributed by atoms with E-state index in [4.69, 9.17) is 9.52 Å². The molecule has 1 heterocycles. The van der Waals surface area contributed by atoms with Gasteiger partial charge in [-0.25, -0.2) is 0 Å². The average molecular weight is 164 g/mol. The number of allylic oxidation sites excluding steroid dienone is 1. The van der Waals surface area contributed by atoms with Gasteiger partial charge in [-0.15, -0.1) is 0 Å². The van der Waals surface area contributed by atoms with Gasteiger partial charge in [-0.3, -0.25) is 4.79 Å². The first-order valence-corrected chi connectivity index (χ1v) is 3.77. The van der Waals surface area contributed by atoms with Gasteiger partial charge in [-0.2, -0.15) is 0 Å². The Morgan fingerprint density at radius 1 is 1.50 bits per heavy atom. The van der Waals surface area contributed by atoms with Gasteiger partial charge >= 0.3 is 0 Å². The van der Waals surface area contributed by atoms with Crippen LogP contribution in [0.3, 0.4) is 0 Å². The van der Waals surface area contributed by atoms with Crippen LogP contribution in [0.1, 0.15) is 22.5 Å². The molecule has 0 aromatic carbocycles. The lowest BCUT2D eigenvalue weighted by Crippen LogP contribution is -2.11. The van der Waals surface area contributed by atoms with Crippen molar-refractivity contribution >= 4 is 5.78 Å². The summed E-state index contributed by atoms with van der Waals surface area (Å²) in [5, 5.41) is 8.71. The molecule has 1 aromatic rings. The van der Waals surface area contributed by atoms with Gasteiger partial charge in [-0.05, 0) is 12.5 Å². The molecule has 0 saturated heterocycles. The predicted molar refractivity (Wildman–Crippen MR) is 42.1 cm³/mol. The van der Waals surface area contributed by atoms with Gasteiger partial charge in [-0.1, -0.05) is 0 Å². The van der Waals surface area contributed by atoms with E-state index in [0.717, 1.165) is 12.0 Å². The highest BCUT2D eigenvalue weighted by molar-refractivity contribution is 6.10. The summed E-state index contributed by atoms with van der Waals surface area (Å²) in [5.41, 5.74) is 1.05. The van der Waals surface area contributed by atoms with Gasteiger partial charge in [0, 0.05) is 12.0 Å². The highest BCUT2D eigenvalue weighted by atomic mass is 16.3. The van der Waals surface area contributed by atoms with Crippen LogP contribution in [0.25, 0.3) is 0 Å². The van der Waals surface area contributed by atoms with Crippen molar-refractivity contribution in [2.24, 2.45) is 0 Å². The third kappa shape index (κ3) is 0.863. The maximum Gasteiger partial charge on any atom is 0.195 e. The minimum Gasteiger partial charge on any atom is -0.515 e. The van der Waals surface area contributed by atoms with E-state index >= 15 is 0 Å². The molecule has 62 valence electrons. The molecule has 12 heavy (non-hydrogen) atoms. The van der Waals surface area contributed by atoms with Crippen LogP contribution < -0.4 is 0 Å². The zero-order chi connectivity index (χ0) is 8.55. The molecule has 2 rings (SSSR count). The topological polar surface area (TPSA) is 50.4 Å². The van der Waals surface area contributed by atoms with Crippen molar-refractivity contribution in [3.05, 3.63) is 35.5 Å². The molecule has 1 aliphatic carbocycles. The number of aliphatic hydroxyl groups is 1. The number of Topliss-reactive ketones (excluding diaryl/α,β-unsaturated/α-hetero) is 1. The van der Waals surface area contributed by atoms with E-state index in [-0.39, 0.29) is 5.78 Å². The number of aliphatic hydroxyl groups excluding tert-OH is 1. The Morgan fingerprint density at radius 3 is 3.08 bits per heavy atom. The standard InChI is InChI=1S/C9H8O3/c10-5-6-1-2-8-7(9(6)11)3-4-12-8/h3-5,10H,1-2H2. The van der Waals surface area contributed by atoms with E-state index in [2.05, 4.69) is 0 Å². The van der Waals surface area contributed by atoms with Gasteiger partial charge in [0.25, 0.3) is 0 Å². The fraction of sp³-hybridized carbons (Fsp3) is 0.222. The highest BCUT2D eigenvalue weighted by Crippen LogP contribution is 2.25. The number of furan rings is 1. The summed E-state index contributed by atoms with van der Waals surface area (Å²) in [5.74, 6) is 0.609. The summed E-state index contributed by atoms with van der Waals surface area (Å²) in [7, 11) is 0. The number of aryl methyl sites for hydroxylation is 1. The maximum atomic E-state index is 11.4. The largest absolute Gasteiger partial charge is 0.515 e. The molecule has 0 saturated carbocycles. The zero-order valence-corrected chi connectivity index (χ0v) is 6.41. The Kier molecular flexibility index (Phi) is 1.50. The minimum absolute atomic E-state index is 0.118. The van der Waals surface area contributed by atoms with Crippen molar-refractivity contribution in [2.75, 3.05) is 0 Å². The molecule has 1 aromatic heterocycles. The molecule has 0 radical (unpaired) electrons. The van der Waals surface area contributed by atoms with Crippen molar-refractivity contribution in [1.82, 2.24) is 0 Å². The van der Waals surface area contributed by atoms with E-state index < -0.39 is 0 Å². The van der Waals surface area contributed by atoms with Gasteiger partial charge in [0.15, 0.2) is 5.78 Å². The molecular weight excluding hydrogens is 156 g/mol. The van der Waals surface area contributed by atoms with E-state index in [1.54, 1.807) is 6.07 Å². The van der Waals surface area contributed by atoms with Crippen LogP contribution in [-0.4, -0.2) is 10.9 Å². The van der Waals surface area contributed by atoms with Gasteiger partial charge in [0.05, 0.1) is 18.1 Å². The van der Waals surface area contributed by atoms with Crippen molar-refractivity contribution in [1.29, 1.82) is 0 Å². The zero-order valence-electron chi connectivity index (χ0n) is 6.41. The fourth-order valence-corrected chi connectivity index (χ4v) is 1.39. The molecule has 0 bridgehead atoms. The molecule has 0 fully saturated rings. The number of rotatable bonds is 0. The fourth-order valence-electron chi connectivity index (χ4n) is 1.39. The molecule has 0 atom stereocenters. The van der Waals surface area contributed by atoms with Crippen LogP contribution in [0.15, 0.2) is 28.6 Å². The minimum atomic E-state index is -0.118. The van der Waals surface area contributed by atoms with Crippen LogP contribution in [0.2, 0.25) is 0 Å². The first-order chi connectivity index (χ1) is 5.83. The SMILES string of the molecule is O=C1C(=CO)CCc2occc21.